The van der Waals surface area contributed by atoms with Crippen molar-refractivity contribution in [3.63, 3.8) is 0 Å². The topological polar surface area (TPSA) is 37.9 Å². The van der Waals surface area contributed by atoms with Crippen molar-refractivity contribution < 1.29 is 4.74 Å². The Labute approximate surface area is 99.1 Å². The highest BCUT2D eigenvalue weighted by molar-refractivity contribution is 7.71. The Morgan fingerprint density at radius 1 is 1.25 bits per heavy atom. The van der Waals surface area contributed by atoms with E-state index in [0.717, 1.165) is 17.9 Å². The van der Waals surface area contributed by atoms with Crippen molar-refractivity contribution in [1.29, 1.82) is 0 Å². The second kappa shape index (κ2) is 4.90. The molecule has 3 nitrogen and oxygen atoms in total. The van der Waals surface area contributed by atoms with E-state index in [4.69, 9.17) is 17.0 Å². The lowest BCUT2D eigenvalue weighted by Crippen LogP contribution is -1.93. The summed E-state index contributed by atoms with van der Waals surface area (Å²) in [5.74, 6) is 0.867. The molecule has 0 bridgehead atoms. The van der Waals surface area contributed by atoms with Gasteiger partial charge in [-0.05, 0) is 36.0 Å². The molecular formula is C12H12N2OS. The van der Waals surface area contributed by atoms with Gasteiger partial charge in [0, 0.05) is 18.3 Å². The number of methoxy groups -OCH3 is 1. The molecule has 82 valence electrons. The zero-order valence-electron chi connectivity index (χ0n) is 8.93. The van der Waals surface area contributed by atoms with Crippen molar-refractivity contribution in [2.24, 2.45) is 0 Å². The van der Waals surface area contributed by atoms with Crippen molar-refractivity contribution in [3.05, 3.63) is 52.6 Å². The molecule has 1 aromatic heterocycles. The summed E-state index contributed by atoms with van der Waals surface area (Å²) < 4.78 is 5.62. The van der Waals surface area contributed by atoms with Gasteiger partial charge >= 0.3 is 0 Å². The Morgan fingerprint density at radius 3 is 2.62 bits per heavy atom. The van der Waals surface area contributed by atoms with E-state index in [9.17, 15) is 0 Å². The smallest absolute Gasteiger partial charge is 0.196 e. The molecule has 1 N–H and O–H groups in total. The molecule has 0 aliphatic rings. The molecule has 1 heterocycles. The highest BCUT2D eigenvalue weighted by Gasteiger charge is 1.97. The fourth-order valence-electron chi connectivity index (χ4n) is 1.47. The number of nitrogens with one attached hydrogen (secondary N) is 1. The highest BCUT2D eigenvalue weighted by Crippen LogP contribution is 2.13. The molecule has 0 aliphatic heterocycles. The van der Waals surface area contributed by atoms with E-state index in [-0.39, 0.29) is 0 Å². The van der Waals surface area contributed by atoms with Crippen LogP contribution in [-0.4, -0.2) is 17.1 Å². The first-order valence-corrected chi connectivity index (χ1v) is 5.36. The number of H-pyrrole nitrogens is 1. The Hall–Kier alpha value is -1.68. The molecular weight excluding hydrogens is 220 g/mol. The minimum Gasteiger partial charge on any atom is -0.497 e. The van der Waals surface area contributed by atoms with Gasteiger partial charge in [0.25, 0.3) is 0 Å². The predicted octanol–water partition coefficient (Wildman–Crippen LogP) is 2.74. The first kappa shape index (κ1) is 10.8. The van der Waals surface area contributed by atoms with Gasteiger partial charge in [-0.1, -0.05) is 12.1 Å². The molecule has 0 atom stereocenters. The standard InChI is InChI=1S/C12H12N2OS/c1-15-11-4-2-9(3-5-11)8-10-6-7-13-12(16)14-10/h2-7H,8H2,1H3,(H,13,14,16). The van der Waals surface area contributed by atoms with Crippen LogP contribution in [0, 0.1) is 4.77 Å². The lowest BCUT2D eigenvalue weighted by molar-refractivity contribution is 0.414. The quantitative estimate of drug-likeness (QED) is 0.827. The van der Waals surface area contributed by atoms with Crippen LogP contribution in [0.15, 0.2) is 36.5 Å². The van der Waals surface area contributed by atoms with Crippen LogP contribution in [0.25, 0.3) is 0 Å². The molecule has 4 heteroatoms. The van der Waals surface area contributed by atoms with Gasteiger partial charge in [-0.15, -0.1) is 0 Å². The van der Waals surface area contributed by atoms with Crippen LogP contribution in [0.4, 0.5) is 0 Å². The van der Waals surface area contributed by atoms with Crippen molar-refractivity contribution in [3.8, 4) is 5.75 Å². The Kier molecular flexibility index (Phi) is 3.31. The number of ether oxygens (including phenoxy) is 1. The van der Waals surface area contributed by atoms with Gasteiger partial charge in [0.15, 0.2) is 4.77 Å². The second-order valence-corrected chi connectivity index (χ2v) is 3.81. The molecule has 0 aliphatic carbocycles. The van der Waals surface area contributed by atoms with E-state index < -0.39 is 0 Å². The Bertz CT molecular complexity index is 519. The second-order valence-electron chi connectivity index (χ2n) is 3.43. The summed E-state index contributed by atoms with van der Waals surface area (Å²) in [4.78, 5) is 7.00. The highest BCUT2D eigenvalue weighted by atomic mass is 32.1. The van der Waals surface area contributed by atoms with Gasteiger partial charge in [0.1, 0.15) is 5.75 Å². The lowest BCUT2D eigenvalue weighted by atomic mass is 10.1. The fourth-order valence-corrected chi connectivity index (χ4v) is 1.66. The number of benzene rings is 1. The van der Waals surface area contributed by atoms with Crippen LogP contribution in [-0.2, 0) is 6.42 Å². The maximum atomic E-state index is 5.10. The minimum absolute atomic E-state index is 0.519. The van der Waals surface area contributed by atoms with Crippen LogP contribution >= 0.6 is 12.2 Å². The molecule has 2 rings (SSSR count). The van der Waals surface area contributed by atoms with Crippen LogP contribution in [0.3, 0.4) is 0 Å². The Morgan fingerprint density at radius 2 is 2.00 bits per heavy atom. The first-order valence-electron chi connectivity index (χ1n) is 4.95. The lowest BCUT2D eigenvalue weighted by Gasteiger charge is -2.03. The Balaban J connectivity index is 2.17. The number of aromatic nitrogens is 2. The SMILES string of the molecule is COc1ccc(Cc2ccnc(=S)[nH]2)cc1. The van der Waals surface area contributed by atoms with Crippen molar-refractivity contribution in [1.82, 2.24) is 9.97 Å². The van der Waals surface area contributed by atoms with E-state index in [1.165, 1.54) is 5.56 Å². The molecule has 0 saturated carbocycles. The summed E-state index contributed by atoms with van der Waals surface area (Å²) >= 11 is 4.97. The van der Waals surface area contributed by atoms with Gasteiger partial charge in [0.05, 0.1) is 7.11 Å². The predicted molar refractivity (Wildman–Crippen MR) is 65.2 cm³/mol. The molecule has 16 heavy (non-hydrogen) atoms. The molecule has 1 aromatic carbocycles. The molecule has 0 spiro atoms. The number of rotatable bonds is 3. The van der Waals surface area contributed by atoms with Gasteiger partial charge in [-0.3, -0.25) is 0 Å². The average molecular weight is 232 g/mol. The monoisotopic (exact) mass is 232 g/mol. The summed E-state index contributed by atoms with van der Waals surface area (Å²) in [6, 6.07) is 9.91. The van der Waals surface area contributed by atoms with Crippen LogP contribution in [0.5, 0.6) is 5.75 Å². The van der Waals surface area contributed by atoms with Gasteiger partial charge < -0.3 is 9.72 Å². The van der Waals surface area contributed by atoms with Gasteiger partial charge in [-0.25, -0.2) is 4.98 Å². The van der Waals surface area contributed by atoms with E-state index in [1.807, 2.05) is 30.3 Å². The van der Waals surface area contributed by atoms with Crippen molar-refractivity contribution in [2.45, 2.75) is 6.42 Å². The van der Waals surface area contributed by atoms with Gasteiger partial charge in [0.2, 0.25) is 0 Å². The maximum absolute atomic E-state index is 5.10. The molecule has 0 saturated heterocycles. The van der Waals surface area contributed by atoms with E-state index in [0.29, 0.717) is 4.77 Å². The summed E-state index contributed by atoms with van der Waals surface area (Å²) in [6.45, 7) is 0. The summed E-state index contributed by atoms with van der Waals surface area (Å²) in [5.41, 5.74) is 2.27. The molecule has 0 amide bonds. The first-order chi connectivity index (χ1) is 7.78. The summed E-state index contributed by atoms with van der Waals surface area (Å²) in [6.07, 6.45) is 2.54. The van der Waals surface area contributed by atoms with Crippen LogP contribution < -0.4 is 4.74 Å². The third-order valence-electron chi connectivity index (χ3n) is 2.29. The van der Waals surface area contributed by atoms with Crippen molar-refractivity contribution in [2.75, 3.05) is 7.11 Å². The van der Waals surface area contributed by atoms with Crippen LogP contribution in [0.2, 0.25) is 0 Å². The largest absolute Gasteiger partial charge is 0.497 e. The maximum Gasteiger partial charge on any atom is 0.196 e. The molecule has 0 unspecified atom stereocenters. The molecule has 0 radical (unpaired) electrons. The van der Waals surface area contributed by atoms with Crippen molar-refractivity contribution >= 4 is 12.2 Å². The van der Waals surface area contributed by atoms with Gasteiger partial charge in [-0.2, -0.15) is 0 Å². The normalized spacial score (nSPS) is 10.1. The summed E-state index contributed by atoms with van der Waals surface area (Å²) in [5, 5.41) is 0. The third-order valence-corrected chi connectivity index (χ3v) is 2.50. The van der Waals surface area contributed by atoms with E-state index >= 15 is 0 Å². The number of hydrogen-bond acceptors (Lipinski definition) is 3. The third kappa shape index (κ3) is 2.67. The number of aromatic amines is 1. The average Bonchev–Trinajstić information content (AvgIpc) is 2.30. The van der Waals surface area contributed by atoms with E-state index in [1.54, 1.807) is 13.3 Å². The van der Waals surface area contributed by atoms with E-state index in [2.05, 4.69) is 9.97 Å². The molecule has 2 aromatic rings. The number of hydrogen-bond donors (Lipinski definition) is 1. The van der Waals surface area contributed by atoms with Crippen LogP contribution in [0.1, 0.15) is 11.3 Å². The molecule has 0 fully saturated rings. The number of nitrogens with zero attached hydrogens (tertiary/aromatic N) is 1. The zero-order valence-corrected chi connectivity index (χ0v) is 9.75. The zero-order chi connectivity index (χ0) is 11.4. The fraction of sp³-hybridized carbons (Fsp3) is 0.167. The minimum atomic E-state index is 0.519. The summed E-state index contributed by atoms with van der Waals surface area (Å²) in [7, 11) is 1.66.